The largest absolute Gasteiger partial charge is 0.487 e. The third-order valence-electron chi connectivity index (χ3n) is 6.23. The van der Waals surface area contributed by atoms with Crippen LogP contribution in [0.3, 0.4) is 0 Å². The van der Waals surface area contributed by atoms with Crippen molar-refractivity contribution < 1.29 is 9.84 Å². The summed E-state index contributed by atoms with van der Waals surface area (Å²) in [4.78, 5) is 4.33. The molecule has 0 saturated carbocycles. The number of aliphatic hydroxyl groups excluding tert-OH is 1. The maximum absolute atomic E-state index is 8.93. The van der Waals surface area contributed by atoms with E-state index in [1.165, 1.54) is 11.5 Å². The number of hydrogen-bond donors (Lipinski definition) is 3. The molecule has 0 fully saturated rings. The van der Waals surface area contributed by atoms with E-state index in [-0.39, 0.29) is 6.61 Å². The Morgan fingerprint density at radius 1 is 0.947 bits per heavy atom. The third kappa shape index (κ3) is 5.77. The highest BCUT2D eigenvalue weighted by Gasteiger charge is 2.15. The van der Waals surface area contributed by atoms with Gasteiger partial charge in [-0.05, 0) is 71.0 Å². The van der Waals surface area contributed by atoms with Crippen LogP contribution in [-0.2, 0) is 13.2 Å². The van der Waals surface area contributed by atoms with Gasteiger partial charge >= 0.3 is 0 Å². The van der Waals surface area contributed by atoms with Crippen molar-refractivity contribution in [1.29, 1.82) is 0 Å². The van der Waals surface area contributed by atoms with Gasteiger partial charge in [0.25, 0.3) is 0 Å². The maximum Gasteiger partial charge on any atom is 0.153 e. The van der Waals surface area contributed by atoms with Crippen LogP contribution in [0.25, 0.3) is 21.2 Å². The zero-order valence-electron chi connectivity index (χ0n) is 20.7. The normalized spacial score (nSPS) is 11.2. The Hall–Kier alpha value is -3.20. The molecule has 5 rings (SSSR count). The van der Waals surface area contributed by atoms with Crippen LogP contribution in [-0.4, -0.2) is 27.6 Å². The first kappa shape index (κ1) is 26.4. The Morgan fingerprint density at radius 2 is 1.79 bits per heavy atom. The highest BCUT2D eigenvalue weighted by atomic mass is 35.5. The van der Waals surface area contributed by atoms with Crippen molar-refractivity contribution in [1.82, 2.24) is 14.7 Å². The first-order valence-corrected chi connectivity index (χ1v) is 13.7. The molecule has 2 heterocycles. The average molecular weight is 566 g/mol. The molecule has 38 heavy (non-hydrogen) atoms. The van der Waals surface area contributed by atoms with Gasteiger partial charge in [0.1, 0.15) is 18.2 Å². The van der Waals surface area contributed by atoms with E-state index in [1.54, 1.807) is 18.3 Å². The summed E-state index contributed by atoms with van der Waals surface area (Å²) in [7, 11) is 0. The highest BCUT2D eigenvalue weighted by molar-refractivity contribution is 7.14. The molecule has 3 aromatic carbocycles. The molecule has 0 bridgehead atoms. The standard InChI is InChI=1S/C29H26Cl2N4O2S/c1-18-20(17-37-26-11-10-19(15-25(26)31)16-32-13-14-36)5-2-6-21(18)22-7-3-8-23-27(22)38-35-28(23)34-29-24(30)9-4-12-33-29/h2-12,15,32,36H,13-14,16-17H2,1H3,(H,33,34,35). The van der Waals surface area contributed by atoms with E-state index in [4.69, 9.17) is 33.0 Å². The molecular weight excluding hydrogens is 539 g/mol. The van der Waals surface area contributed by atoms with Crippen LogP contribution >= 0.6 is 34.7 Å². The number of anilines is 2. The fourth-order valence-corrected chi connectivity index (χ4v) is 5.52. The lowest BCUT2D eigenvalue weighted by Crippen LogP contribution is -2.17. The SMILES string of the molecule is Cc1c(COc2ccc(CNCCO)cc2Cl)cccc1-c1cccc2c(Nc3ncccc3Cl)nsc12. The van der Waals surface area contributed by atoms with Crippen molar-refractivity contribution in [2.75, 3.05) is 18.5 Å². The third-order valence-corrected chi connectivity index (χ3v) is 7.72. The van der Waals surface area contributed by atoms with E-state index in [2.05, 4.69) is 51.2 Å². The molecule has 194 valence electrons. The Morgan fingerprint density at radius 3 is 2.61 bits per heavy atom. The molecule has 0 aliphatic heterocycles. The van der Waals surface area contributed by atoms with Gasteiger partial charge in [0.15, 0.2) is 5.82 Å². The van der Waals surface area contributed by atoms with Crippen molar-refractivity contribution in [2.45, 2.75) is 20.1 Å². The highest BCUT2D eigenvalue weighted by Crippen LogP contribution is 2.39. The van der Waals surface area contributed by atoms with Crippen molar-refractivity contribution in [2.24, 2.45) is 0 Å². The molecule has 0 radical (unpaired) electrons. The summed E-state index contributed by atoms with van der Waals surface area (Å²) in [5.41, 5.74) is 5.48. The van der Waals surface area contributed by atoms with E-state index in [0.717, 1.165) is 43.7 Å². The van der Waals surface area contributed by atoms with Gasteiger partial charge in [-0.1, -0.05) is 59.6 Å². The fraction of sp³-hybridized carbons (Fsp3) is 0.172. The van der Waals surface area contributed by atoms with Crippen LogP contribution in [0.15, 0.2) is 72.9 Å². The number of aromatic nitrogens is 2. The van der Waals surface area contributed by atoms with Crippen LogP contribution < -0.4 is 15.4 Å². The molecule has 0 aliphatic carbocycles. The Balaban J connectivity index is 1.37. The Bertz CT molecular complexity index is 1570. The van der Waals surface area contributed by atoms with Gasteiger partial charge in [-0.3, -0.25) is 0 Å². The van der Waals surface area contributed by atoms with E-state index >= 15 is 0 Å². The molecular formula is C29H26Cl2N4O2S. The summed E-state index contributed by atoms with van der Waals surface area (Å²) in [5.74, 6) is 1.94. The smallest absolute Gasteiger partial charge is 0.153 e. The number of nitrogens with one attached hydrogen (secondary N) is 2. The molecule has 0 spiro atoms. The second-order valence-corrected chi connectivity index (χ2v) is 10.3. The topological polar surface area (TPSA) is 79.3 Å². The van der Waals surface area contributed by atoms with Crippen molar-refractivity contribution in [3.8, 4) is 16.9 Å². The van der Waals surface area contributed by atoms with Crippen molar-refractivity contribution in [3.05, 3.63) is 99.7 Å². The van der Waals surface area contributed by atoms with Gasteiger partial charge in [0, 0.05) is 30.2 Å². The molecule has 6 nitrogen and oxygen atoms in total. The number of pyridine rings is 1. The number of ether oxygens (including phenoxy) is 1. The molecule has 5 aromatic rings. The predicted octanol–water partition coefficient (Wildman–Crippen LogP) is 7.38. The lowest BCUT2D eigenvalue weighted by molar-refractivity contribution is 0.292. The van der Waals surface area contributed by atoms with E-state index in [1.807, 2.05) is 30.3 Å². The molecule has 2 aromatic heterocycles. The minimum absolute atomic E-state index is 0.100. The zero-order valence-corrected chi connectivity index (χ0v) is 23.0. The van der Waals surface area contributed by atoms with Crippen molar-refractivity contribution >= 4 is 56.5 Å². The van der Waals surface area contributed by atoms with Crippen LogP contribution in [0.4, 0.5) is 11.6 Å². The number of hydrogen-bond acceptors (Lipinski definition) is 7. The molecule has 0 aliphatic rings. The maximum atomic E-state index is 8.93. The minimum atomic E-state index is 0.100. The Kier molecular flexibility index (Phi) is 8.42. The van der Waals surface area contributed by atoms with Gasteiger partial charge in [0.2, 0.25) is 0 Å². The lowest BCUT2D eigenvalue weighted by atomic mass is 9.96. The fourth-order valence-electron chi connectivity index (χ4n) is 4.22. The first-order chi connectivity index (χ1) is 18.5. The molecule has 3 N–H and O–H groups in total. The zero-order chi connectivity index (χ0) is 26.5. The number of aliphatic hydroxyl groups is 1. The van der Waals surface area contributed by atoms with E-state index in [0.29, 0.717) is 41.3 Å². The number of benzene rings is 3. The molecule has 0 amide bonds. The molecule has 9 heteroatoms. The summed E-state index contributed by atoms with van der Waals surface area (Å²) in [6, 6.07) is 21.8. The summed E-state index contributed by atoms with van der Waals surface area (Å²) in [6.07, 6.45) is 1.70. The summed E-state index contributed by atoms with van der Waals surface area (Å²) in [6.45, 7) is 3.78. The second-order valence-electron chi connectivity index (χ2n) is 8.72. The van der Waals surface area contributed by atoms with Gasteiger partial charge < -0.3 is 20.5 Å². The minimum Gasteiger partial charge on any atom is -0.487 e. The van der Waals surface area contributed by atoms with E-state index in [9.17, 15) is 0 Å². The molecule has 0 atom stereocenters. The lowest BCUT2D eigenvalue weighted by Gasteiger charge is -2.14. The Labute approximate surface area is 235 Å². The molecule has 0 unspecified atom stereocenters. The summed E-state index contributed by atoms with van der Waals surface area (Å²) in [5, 5.41) is 17.5. The molecule has 0 saturated heterocycles. The average Bonchev–Trinajstić information content (AvgIpc) is 3.33. The van der Waals surface area contributed by atoms with Gasteiger partial charge in [-0.25, -0.2) is 4.98 Å². The monoisotopic (exact) mass is 564 g/mol. The predicted molar refractivity (Wildman–Crippen MR) is 157 cm³/mol. The number of fused-ring (bicyclic) bond motifs is 1. The van der Waals surface area contributed by atoms with Gasteiger partial charge in [-0.15, -0.1) is 0 Å². The van der Waals surface area contributed by atoms with Crippen LogP contribution in [0.5, 0.6) is 5.75 Å². The van der Waals surface area contributed by atoms with Gasteiger partial charge in [-0.2, -0.15) is 4.37 Å². The first-order valence-electron chi connectivity index (χ1n) is 12.1. The number of nitrogens with zero attached hydrogens (tertiary/aromatic N) is 2. The quantitative estimate of drug-likeness (QED) is 0.153. The summed E-state index contributed by atoms with van der Waals surface area (Å²) >= 11 is 14.2. The second kappa shape index (κ2) is 12.1. The van der Waals surface area contributed by atoms with Crippen LogP contribution in [0, 0.1) is 6.92 Å². The number of halogens is 2. The van der Waals surface area contributed by atoms with Crippen molar-refractivity contribution in [3.63, 3.8) is 0 Å². The van der Waals surface area contributed by atoms with Crippen LogP contribution in [0.1, 0.15) is 16.7 Å². The van der Waals surface area contributed by atoms with E-state index < -0.39 is 0 Å². The number of rotatable bonds is 10. The van der Waals surface area contributed by atoms with Crippen LogP contribution in [0.2, 0.25) is 10.0 Å². The summed E-state index contributed by atoms with van der Waals surface area (Å²) < 4.78 is 11.9. The van der Waals surface area contributed by atoms with Gasteiger partial charge in [0.05, 0.1) is 21.4 Å².